The number of hydrogen-bond acceptors (Lipinski definition) is 4. The van der Waals surface area contributed by atoms with E-state index >= 15 is 0 Å². The fourth-order valence-electron chi connectivity index (χ4n) is 1.58. The van der Waals surface area contributed by atoms with Gasteiger partial charge in [0.05, 0.1) is 0 Å². The molecular formula is C12H21N3O. The third-order valence-corrected chi connectivity index (χ3v) is 2.48. The van der Waals surface area contributed by atoms with Gasteiger partial charge in [-0.3, -0.25) is 0 Å². The smallest absolute Gasteiger partial charge is 0.128 e. The Kier molecular flexibility index (Phi) is 5.82. The van der Waals surface area contributed by atoms with Crippen LogP contribution in [0.3, 0.4) is 0 Å². The first kappa shape index (κ1) is 12.9. The van der Waals surface area contributed by atoms with Crippen LogP contribution >= 0.6 is 0 Å². The molecule has 0 amide bonds. The van der Waals surface area contributed by atoms with Crippen molar-refractivity contribution in [3.63, 3.8) is 0 Å². The molecule has 4 nitrogen and oxygen atoms in total. The van der Waals surface area contributed by atoms with Gasteiger partial charge in [-0.1, -0.05) is 6.07 Å². The lowest BCUT2D eigenvalue weighted by atomic mass is 10.3. The summed E-state index contributed by atoms with van der Waals surface area (Å²) in [5.41, 5.74) is 0. The Hall–Kier alpha value is -1.13. The molecule has 0 aromatic carbocycles. The van der Waals surface area contributed by atoms with Crippen molar-refractivity contribution in [1.29, 1.82) is 0 Å². The van der Waals surface area contributed by atoms with Crippen LogP contribution in [-0.2, 0) is 4.74 Å². The number of aromatic nitrogens is 1. The van der Waals surface area contributed by atoms with Gasteiger partial charge >= 0.3 is 0 Å². The largest absolute Gasteiger partial charge is 0.388 e. The van der Waals surface area contributed by atoms with Crippen molar-refractivity contribution in [2.75, 3.05) is 52.3 Å². The lowest BCUT2D eigenvalue weighted by molar-refractivity contribution is 0.277. The molecule has 2 heterocycles. The van der Waals surface area contributed by atoms with Gasteiger partial charge in [0, 0.05) is 46.6 Å². The van der Waals surface area contributed by atoms with Gasteiger partial charge in [0.25, 0.3) is 0 Å². The maximum atomic E-state index is 4.33. The number of hydrogen-bond donors (Lipinski definition) is 0. The Balaban J connectivity index is 0.000000386. The zero-order valence-electron chi connectivity index (χ0n) is 10.4. The fraction of sp³-hybridized carbons (Fsp3) is 0.583. The average Bonchev–Trinajstić information content (AvgIpc) is 2.32. The van der Waals surface area contributed by atoms with Crippen molar-refractivity contribution in [2.45, 2.75) is 0 Å². The van der Waals surface area contributed by atoms with Crippen LogP contribution in [0.25, 0.3) is 0 Å². The standard InChI is InChI=1S/C10H15N3.C2H6O/c1-12-6-8-13(9-7-12)10-4-2-3-5-11-10;1-3-2/h2-5H,6-9H2,1H3;1-2H3. The molecule has 0 N–H and O–H groups in total. The summed E-state index contributed by atoms with van der Waals surface area (Å²) in [5.74, 6) is 1.11. The highest BCUT2D eigenvalue weighted by atomic mass is 16.4. The first-order valence-corrected chi connectivity index (χ1v) is 5.52. The highest BCUT2D eigenvalue weighted by Crippen LogP contribution is 2.11. The van der Waals surface area contributed by atoms with Crippen molar-refractivity contribution in [3.05, 3.63) is 24.4 Å². The van der Waals surface area contributed by atoms with Crippen LogP contribution in [0.1, 0.15) is 0 Å². The summed E-state index contributed by atoms with van der Waals surface area (Å²) >= 11 is 0. The van der Waals surface area contributed by atoms with Gasteiger partial charge in [0.1, 0.15) is 5.82 Å². The molecule has 90 valence electrons. The Labute approximate surface area is 97.8 Å². The van der Waals surface area contributed by atoms with Crippen LogP contribution < -0.4 is 4.90 Å². The molecule has 0 radical (unpaired) electrons. The summed E-state index contributed by atoms with van der Waals surface area (Å²) in [6.45, 7) is 4.45. The second-order valence-electron chi connectivity index (χ2n) is 3.89. The van der Waals surface area contributed by atoms with Crippen LogP contribution in [0.15, 0.2) is 24.4 Å². The molecule has 1 aromatic rings. The number of methoxy groups -OCH3 is 1. The van der Waals surface area contributed by atoms with Crippen LogP contribution in [0.5, 0.6) is 0 Å². The molecule has 0 spiro atoms. The Bertz CT molecular complexity index is 271. The number of rotatable bonds is 1. The molecule has 0 bridgehead atoms. The lowest BCUT2D eigenvalue weighted by Gasteiger charge is -2.33. The van der Waals surface area contributed by atoms with E-state index in [0.29, 0.717) is 0 Å². The third-order valence-electron chi connectivity index (χ3n) is 2.48. The SMILES string of the molecule is CN1CCN(c2ccccn2)CC1.COC. The second kappa shape index (κ2) is 7.19. The van der Waals surface area contributed by atoms with E-state index < -0.39 is 0 Å². The van der Waals surface area contributed by atoms with Crippen LogP contribution in [0.2, 0.25) is 0 Å². The van der Waals surface area contributed by atoms with E-state index in [1.165, 1.54) is 0 Å². The van der Waals surface area contributed by atoms with Crippen molar-refractivity contribution in [1.82, 2.24) is 9.88 Å². The molecule has 4 heteroatoms. The molecule has 1 aliphatic rings. The summed E-state index contributed by atoms with van der Waals surface area (Å²) in [6.07, 6.45) is 1.85. The van der Waals surface area contributed by atoms with Gasteiger partial charge in [0.2, 0.25) is 0 Å². The first-order chi connectivity index (χ1) is 7.77. The zero-order chi connectivity index (χ0) is 11.8. The predicted molar refractivity (Wildman–Crippen MR) is 66.9 cm³/mol. The fourth-order valence-corrected chi connectivity index (χ4v) is 1.58. The van der Waals surface area contributed by atoms with E-state index in [9.17, 15) is 0 Å². The Morgan fingerprint density at radius 1 is 1.12 bits per heavy atom. The molecule has 0 aliphatic carbocycles. The second-order valence-corrected chi connectivity index (χ2v) is 3.89. The molecule has 1 fully saturated rings. The quantitative estimate of drug-likeness (QED) is 0.713. The zero-order valence-corrected chi connectivity index (χ0v) is 10.4. The molecule has 1 saturated heterocycles. The molecule has 1 aliphatic heterocycles. The Morgan fingerprint density at radius 3 is 2.25 bits per heavy atom. The van der Waals surface area contributed by atoms with E-state index in [1.54, 1.807) is 14.2 Å². The minimum Gasteiger partial charge on any atom is -0.388 e. The average molecular weight is 223 g/mol. The normalized spacial score (nSPS) is 16.6. The van der Waals surface area contributed by atoms with Gasteiger partial charge < -0.3 is 14.5 Å². The van der Waals surface area contributed by atoms with Crippen molar-refractivity contribution in [2.24, 2.45) is 0 Å². The van der Waals surface area contributed by atoms with E-state index in [1.807, 2.05) is 18.3 Å². The third kappa shape index (κ3) is 4.16. The van der Waals surface area contributed by atoms with E-state index in [4.69, 9.17) is 0 Å². The topological polar surface area (TPSA) is 28.6 Å². The van der Waals surface area contributed by atoms with Gasteiger partial charge in [0.15, 0.2) is 0 Å². The number of piperazine rings is 1. The number of nitrogens with zero attached hydrogens (tertiary/aromatic N) is 3. The summed E-state index contributed by atoms with van der Waals surface area (Å²) in [7, 11) is 5.41. The molecule has 16 heavy (non-hydrogen) atoms. The van der Waals surface area contributed by atoms with Gasteiger partial charge in [-0.15, -0.1) is 0 Å². The van der Waals surface area contributed by atoms with Crippen LogP contribution in [0.4, 0.5) is 5.82 Å². The minimum atomic E-state index is 1.09. The molecule has 0 unspecified atom stereocenters. The number of anilines is 1. The van der Waals surface area contributed by atoms with Crippen LogP contribution in [0, 0.1) is 0 Å². The van der Waals surface area contributed by atoms with Crippen molar-refractivity contribution < 1.29 is 4.74 Å². The maximum Gasteiger partial charge on any atom is 0.128 e. The van der Waals surface area contributed by atoms with Gasteiger partial charge in [-0.2, -0.15) is 0 Å². The number of likely N-dealkylation sites (N-methyl/N-ethyl adjacent to an activating group) is 1. The monoisotopic (exact) mass is 223 g/mol. The van der Waals surface area contributed by atoms with Crippen molar-refractivity contribution in [3.8, 4) is 0 Å². The van der Waals surface area contributed by atoms with Crippen LogP contribution in [-0.4, -0.2) is 57.3 Å². The predicted octanol–water partition coefficient (Wildman–Crippen LogP) is 1.10. The lowest BCUT2D eigenvalue weighted by Crippen LogP contribution is -2.44. The number of pyridine rings is 1. The molecule has 0 saturated carbocycles. The summed E-state index contributed by atoms with van der Waals surface area (Å²) in [4.78, 5) is 9.01. The number of ether oxygens (including phenoxy) is 1. The first-order valence-electron chi connectivity index (χ1n) is 5.52. The van der Waals surface area contributed by atoms with E-state index in [-0.39, 0.29) is 0 Å². The molecule has 2 rings (SSSR count). The van der Waals surface area contributed by atoms with E-state index in [2.05, 4.69) is 32.6 Å². The summed E-state index contributed by atoms with van der Waals surface area (Å²) < 4.78 is 4.25. The summed E-state index contributed by atoms with van der Waals surface area (Å²) in [5, 5.41) is 0. The van der Waals surface area contributed by atoms with E-state index in [0.717, 1.165) is 32.0 Å². The molecule has 1 aromatic heterocycles. The molecule has 0 atom stereocenters. The minimum absolute atomic E-state index is 1.09. The molecular weight excluding hydrogens is 202 g/mol. The summed E-state index contributed by atoms with van der Waals surface area (Å²) in [6, 6.07) is 6.07. The van der Waals surface area contributed by atoms with Gasteiger partial charge in [-0.25, -0.2) is 4.98 Å². The van der Waals surface area contributed by atoms with Gasteiger partial charge in [-0.05, 0) is 19.2 Å². The maximum absolute atomic E-state index is 4.33. The van der Waals surface area contributed by atoms with Crippen molar-refractivity contribution >= 4 is 5.82 Å². The highest BCUT2D eigenvalue weighted by molar-refractivity contribution is 5.38. The highest BCUT2D eigenvalue weighted by Gasteiger charge is 2.14. The Morgan fingerprint density at radius 2 is 1.75 bits per heavy atom.